The lowest BCUT2D eigenvalue weighted by Crippen LogP contribution is -2.10. The summed E-state index contributed by atoms with van der Waals surface area (Å²) in [6.45, 7) is 1.51. The van der Waals surface area contributed by atoms with E-state index in [0.717, 1.165) is 6.07 Å². The third-order valence-electron chi connectivity index (χ3n) is 3.69. The summed E-state index contributed by atoms with van der Waals surface area (Å²) in [5, 5.41) is 34.9. The van der Waals surface area contributed by atoms with E-state index in [0.29, 0.717) is 5.56 Å². The Morgan fingerprint density at radius 3 is 2.54 bits per heavy atom. The van der Waals surface area contributed by atoms with Gasteiger partial charge in [0.1, 0.15) is 5.56 Å². The molecule has 0 atom stereocenters. The number of ketones is 1. The molecule has 0 saturated carbocycles. The van der Waals surface area contributed by atoms with Gasteiger partial charge in [-0.2, -0.15) is 4.98 Å². The van der Waals surface area contributed by atoms with Crippen molar-refractivity contribution in [3.63, 3.8) is 0 Å². The zero-order valence-corrected chi connectivity index (χ0v) is 13.5. The molecule has 9 nitrogen and oxygen atoms in total. The van der Waals surface area contributed by atoms with Gasteiger partial charge in [-0.15, -0.1) is 0 Å². The third-order valence-corrected chi connectivity index (χ3v) is 3.69. The quantitative estimate of drug-likeness (QED) is 0.308. The second-order valence-electron chi connectivity index (χ2n) is 5.50. The zero-order valence-electron chi connectivity index (χ0n) is 13.5. The molecule has 3 aromatic rings. The van der Waals surface area contributed by atoms with E-state index in [2.05, 4.69) is 10.1 Å². The minimum Gasteiger partial charge on any atom is -0.504 e. The highest BCUT2D eigenvalue weighted by Crippen LogP contribution is 2.43. The van der Waals surface area contributed by atoms with E-state index in [4.69, 9.17) is 4.52 Å². The first-order valence-electron chi connectivity index (χ1n) is 7.49. The second-order valence-corrected chi connectivity index (χ2v) is 5.50. The standard InChI is InChI=1S/C17H13N3O6/c1-9-18-17(19-26-9)11-8-13(22)16(23)15(20(24)25)14(11)12(21)7-10-5-3-2-4-6-10/h2-6,8,22-23H,7H2,1H3. The van der Waals surface area contributed by atoms with Crippen molar-refractivity contribution in [2.24, 2.45) is 0 Å². The summed E-state index contributed by atoms with van der Waals surface area (Å²) in [6.07, 6.45) is -0.143. The Morgan fingerprint density at radius 2 is 1.96 bits per heavy atom. The van der Waals surface area contributed by atoms with Crippen molar-refractivity contribution in [1.29, 1.82) is 0 Å². The summed E-state index contributed by atoms with van der Waals surface area (Å²) in [5.74, 6) is -2.30. The van der Waals surface area contributed by atoms with Gasteiger partial charge in [-0.3, -0.25) is 14.9 Å². The highest BCUT2D eigenvalue weighted by Gasteiger charge is 2.33. The van der Waals surface area contributed by atoms with E-state index in [1.807, 2.05) is 0 Å². The minimum absolute atomic E-state index is 0.0928. The number of phenolic OH excluding ortho intramolecular Hbond substituents is 2. The van der Waals surface area contributed by atoms with Crippen LogP contribution in [0.25, 0.3) is 11.4 Å². The molecular weight excluding hydrogens is 342 g/mol. The van der Waals surface area contributed by atoms with Crippen LogP contribution in [0.1, 0.15) is 21.8 Å². The van der Waals surface area contributed by atoms with Crippen LogP contribution in [0.2, 0.25) is 0 Å². The zero-order chi connectivity index (χ0) is 18.8. The maximum absolute atomic E-state index is 12.8. The number of aromatic nitrogens is 2. The van der Waals surface area contributed by atoms with Crippen molar-refractivity contribution in [2.45, 2.75) is 13.3 Å². The average Bonchev–Trinajstić information content (AvgIpc) is 3.03. The first kappa shape index (κ1) is 17.1. The van der Waals surface area contributed by atoms with E-state index in [1.54, 1.807) is 30.3 Å². The molecule has 0 aliphatic rings. The van der Waals surface area contributed by atoms with Crippen LogP contribution in [-0.2, 0) is 6.42 Å². The summed E-state index contributed by atoms with van der Waals surface area (Å²) in [4.78, 5) is 27.3. The van der Waals surface area contributed by atoms with Gasteiger partial charge in [0.15, 0.2) is 11.5 Å². The fourth-order valence-electron chi connectivity index (χ4n) is 2.56. The van der Waals surface area contributed by atoms with E-state index in [1.165, 1.54) is 6.92 Å². The molecular formula is C17H13N3O6. The molecule has 0 saturated heterocycles. The molecule has 0 amide bonds. The van der Waals surface area contributed by atoms with Crippen molar-refractivity contribution in [3.8, 4) is 22.9 Å². The SMILES string of the molecule is Cc1nc(-c2cc(O)c(O)c([N+](=O)[O-])c2C(=O)Cc2ccccc2)no1. The van der Waals surface area contributed by atoms with Gasteiger partial charge < -0.3 is 14.7 Å². The molecule has 1 aromatic heterocycles. The lowest BCUT2D eigenvalue weighted by atomic mass is 9.95. The van der Waals surface area contributed by atoms with Crippen LogP contribution in [0.15, 0.2) is 40.9 Å². The number of rotatable bonds is 5. The molecule has 0 aliphatic heterocycles. The van der Waals surface area contributed by atoms with Crippen LogP contribution in [0.3, 0.4) is 0 Å². The van der Waals surface area contributed by atoms with Gasteiger partial charge >= 0.3 is 5.69 Å². The highest BCUT2D eigenvalue weighted by molar-refractivity contribution is 6.07. The maximum Gasteiger partial charge on any atom is 0.326 e. The molecule has 0 aliphatic carbocycles. The van der Waals surface area contributed by atoms with E-state index < -0.39 is 33.5 Å². The summed E-state index contributed by atoms with van der Waals surface area (Å²) in [5.41, 5.74) is -0.752. The van der Waals surface area contributed by atoms with E-state index >= 15 is 0 Å². The number of benzene rings is 2. The Labute approximate surface area is 146 Å². The van der Waals surface area contributed by atoms with Crippen molar-refractivity contribution in [1.82, 2.24) is 10.1 Å². The molecule has 0 spiro atoms. The summed E-state index contributed by atoms with van der Waals surface area (Å²) in [6, 6.07) is 9.63. The Morgan fingerprint density at radius 1 is 1.27 bits per heavy atom. The van der Waals surface area contributed by atoms with Crippen LogP contribution < -0.4 is 0 Å². The van der Waals surface area contributed by atoms with Crippen molar-refractivity contribution in [2.75, 3.05) is 0 Å². The van der Waals surface area contributed by atoms with E-state index in [9.17, 15) is 25.1 Å². The van der Waals surface area contributed by atoms with Gasteiger partial charge in [0, 0.05) is 18.9 Å². The van der Waals surface area contributed by atoms with Crippen LogP contribution in [0.5, 0.6) is 11.5 Å². The smallest absolute Gasteiger partial charge is 0.326 e. The van der Waals surface area contributed by atoms with Crippen molar-refractivity contribution in [3.05, 3.63) is 63.5 Å². The average molecular weight is 355 g/mol. The Hall–Kier alpha value is -3.75. The van der Waals surface area contributed by atoms with Gasteiger partial charge in [-0.05, 0) is 11.6 Å². The van der Waals surface area contributed by atoms with Crippen LogP contribution in [0.4, 0.5) is 5.69 Å². The maximum atomic E-state index is 12.8. The molecule has 3 rings (SSSR count). The molecule has 2 aromatic carbocycles. The number of nitro benzene ring substituents is 1. The van der Waals surface area contributed by atoms with Crippen molar-refractivity contribution >= 4 is 11.5 Å². The van der Waals surface area contributed by atoms with Crippen LogP contribution in [-0.4, -0.2) is 31.1 Å². The number of aromatic hydroxyl groups is 2. The number of carbonyl (C=O) groups excluding carboxylic acids is 1. The minimum atomic E-state index is -0.990. The van der Waals surface area contributed by atoms with Crippen molar-refractivity contribution < 1.29 is 24.5 Å². The fraction of sp³-hybridized carbons (Fsp3) is 0.118. The summed E-state index contributed by atoms with van der Waals surface area (Å²) in [7, 11) is 0. The second kappa shape index (κ2) is 6.63. The number of hydrogen-bond acceptors (Lipinski definition) is 8. The predicted molar refractivity (Wildman–Crippen MR) is 88.9 cm³/mol. The van der Waals surface area contributed by atoms with Crippen LogP contribution >= 0.6 is 0 Å². The Bertz CT molecular complexity index is 997. The fourth-order valence-corrected chi connectivity index (χ4v) is 2.56. The third kappa shape index (κ3) is 3.09. The van der Waals surface area contributed by atoms with Gasteiger partial charge in [-0.25, -0.2) is 0 Å². The number of Topliss-reactive ketones (excluding diaryl/α,β-unsaturated/α-hetero) is 1. The number of hydrogen-bond donors (Lipinski definition) is 2. The molecule has 1 heterocycles. The highest BCUT2D eigenvalue weighted by atomic mass is 16.6. The lowest BCUT2D eigenvalue weighted by molar-refractivity contribution is -0.386. The first-order valence-corrected chi connectivity index (χ1v) is 7.49. The molecule has 0 fully saturated rings. The van der Waals surface area contributed by atoms with Crippen LogP contribution in [0, 0.1) is 17.0 Å². The predicted octanol–water partition coefficient (Wildman–Crippen LogP) is 2.79. The lowest BCUT2D eigenvalue weighted by Gasteiger charge is -2.10. The van der Waals surface area contributed by atoms with Gasteiger partial charge in [0.05, 0.1) is 4.92 Å². The molecule has 0 unspecified atom stereocenters. The normalized spacial score (nSPS) is 10.7. The Balaban J connectivity index is 2.21. The molecule has 0 radical (unpaired) electrons. The summed E-state index contributed by atoms with van der Waals surface area (Å²) >= 11 is 0. The molecule has 2 N–H and O–H groups in total. The number of carbonyl (C=O) groups is 1. The summed E-state index contributed by atoms with van der Waals surface area (Å²) < 4.78 is 4.86. The molecule has 9 heteroatoms. The van der Waals surface area contributed by atoms with E-state index in [-0.39, 0.29) is 23.7 Å². The number of phenols is 2. The Kier molecular flexibility index (Phi) is 4.36. The molecule has 0 bridgehead atoms. The number of nitrogens with zero attached hydrogens (tertiary/aromatic N) is 3. The van der Waals surface area contributed by atoms with Gasteiger partial charge in [-0.1, -0.05) is 35.5 Å². The molecule has 132 valence electrons. The largest absolute Gasteiger partial charge is 0.504 e. The number of aryl methyl sites for hydroxylation is 1. The molecule has 26 heavy (non-hydrogen) atoms. The topological polar surface area (TPSA) is 140 Å². The monoisotopic (exact) mass is 355 g/mol. The first-order chi connectivity index (χ1) is 12.4. The van der Waals surface area contributed by atoms with Gasteiger partial charge in [0.2, 0.25) is 17.5 Å². The van der Waals surface area contributed by atoms with Gasteiger partial charge in [0.25, 0.3) is 0 Å². The number of nitro groups is 1.